The molecule has 3 aromatic rings. The molecule has 250 valence electrons. The Morgan fingerprint density at radius 1 is 1.21 bits per heavy atom. The minimum absolute atomic E-state index is 0.00927. The lowest BCUT2D eigenvalue weighted by molar-refractivity contribution is -0.112. The van der Waals surface area contributed by atoms with Crippen molar-refractivity contribution >= 4 is 45.9 Å². The van der Waals surface area contributed by atoms with Crippen LogP contribution in [0.3, 0.4) is 0 Å². The maximum Gasteiger partial charge on any atom is 0.293 e. The zero-order chi connectivity index (χ0) is 34.8. The molecule has 3 atom stereocenters. The second-order valence-electron chi connectivity index (χ2n) is 12.7. The average molecular weight is 700 g/mol. The highest BCUT2D eigenvalue weighted by Crippen LogP contribution is 2.54. The predicted octanol–water partition coefficient (Wildman–Crippen LogP) is 6.17. The molecule has 1 aliphatic carbocycles. The van der Waals surface area contributed by atoms with Gasteiger partial charge in [0.05, 0.1) is 34.2 Å². The second-order valence-corrected chi connectivity index (χ2v) is 13.4. The number of aryl methyl sites for hydroxylation is 1. The third kappa shape index (κ3) is 5.71. The number of methoxy groups -OCH3 is 1. The number of nitrogens with two attached hydrogens (primary N) is 1. The van der Waals surface area contributed by atoms with E-state index in [2.05, 4.69) is 27.5 Å². The summed E-state index contributed by atoms with van der Waals surface area (Å²) in [7, 11) is 1.47. The van der Waals surface area contributed by atoms with Gasteiger partial charge in [0.1, 0.15) is 34.8 Å². The second kappa shape index (κ2) is 11.9. The first kappa shape index (κ1) is 33.5. The van der Waals surface area contributed by atoms with Crippen molar-refractivity contribution in [2.75, 3.05) is 20.3 Å². The topological polar surface area (TPSA) is 116 Å². The van der Waals surface area contributed by atoms with E-state index in [1.807, 2.05) is 0 Å². The number of halogens is 5. The molecule has 1 aromatic heterocycles. The molecule has 0 saturated heterocycles. The lowest BCUT2D eigenvalue weighted by atomic mass is 9.75. The number of hydrogen-bond acceptors (Lipinski definition) is 6. The molecule has 2 aliphatic heterocycles. The number of rotatable bonds is 7. The molecule has 4 N–H and O–H groups in total. The summed E-state index contributed by atoms with van der Waals surface area (Å²) < 4.78 is 56.9. The van der Waals surface area contributed by atoms with Crippen LogP contribution in [0, 0.1) is 41.7 Å². The van der Waals surface area contributed by atoms with Gasteiger partial charge in [-0.05, 0) is 69.9 Å². The van der Waals surface area contributed by atoms with Gasteiger partial charge >= 0.3 is 0 Å². The number of dihydropyridines is 1. The normalized spacial score (nSPS) is 22.8. The Balaban J connectivity index is 1.40. The van der Waals surface area contributed by atoms with E-state index in [0.29, 0.717) is 38.6 Å². The van der Waals surface area contributed by atoms with Gasteiger partial charge in [0.15, 0.2) is 11.6 Å². The first-order valence-electron chi connectivity index (χ1n) is 15.1. The number of alkyl halides is 1. The number of ether oxygens (including phenoxy) is 2. The van der Waals surface area contributed by atoms with Gasteiger partial charge in [-0.1, -0.05) is 35.2 Å². The van der Waals surface area contributed by atoms with Gasteiger partial charge in [-0.3, -0.25) is 9.59 Å². The highest BCUT2D eigenvalue weighted by Gasteiger charge is 2.56. The number of fused-ring (bicyclic) bond motifs is 1. The first-order chi connectivity index (χ1) is 22.6. The molecule has 0 spiro atoms. The predicted molar refractivity (Wildman–Crippen MR) is 175 cm³/mol. The first-order valence-corrected chi connectivity index (χ1v) is 15.8. The third-order valence-electron chi connectivity index (χ3n) is 9.22. The maximum atomic E-state index is 16.3. The average Bonchev–Trinajstić information content (AvgIpc) is 3.69. The summed E-state index contributed by atoms with van der Waals surface area (Å²) in [4.78, 5) is 29.7. The number of carbonyl (C=O) groups is 2. The van der Waals surface area contributed by atoms with Gasteiger partial charge in [0, 0.05) is 34.3 Å². The molecular weight excluding hydrogens is 668 g/mol. The molecule has 3 aliphatic rings. The molecule has 6 rings (SSSR count). The molecule has 2 amide bonds. The van der Waals surface area contributed by atoms with E-state index >= 15 is 4.39 Å². The molecule has 1 fully saturated rings. The van der Waals surface area contributed by atoms with Crippen LogP contribution in [0.2, 0.25) is 10.0 Å². The van der Waals surface area contributed by atoms with Crippen molar-refractivity contribution in [3.8, 4) is 17.6 Å². The van der Waals surface area contributed by atoms with Gasteiger partial charge in [-0.25, -0.2) is 18.2 Å². The molecule has 8 nitrogen and oxygen atoms in total. The highest BCUT2D eigenvalue weighted by molar-refractivity contribution is 6.32. The molecule has 13 heteroatoms. The van der Waals surface area contributed by atoms with Crippen LogP contribution in [0.5, 0.6) is 5.75 Å². The van der Waals surface area contributed by atoms with Gasteiger partial charge in [-0.2, -0.15) is 0 Å². The van der Waals surface area contributed by atoms with Crippen LogP contribution in [0.1, 0.15) is 48.3 Å². The van der Waals surface area contributed by atoms with Crippen LogP contribution in [0.25, 0.3) is 10.9 Å². The number of nitrogens with zero attached hydrogens (tertiary/aromatic N) is 1. The highest BCUT2D eigenvalue weighted by atomic mass is 35.5. The fraction of sp³-hybridized carbons (Fsp3) is 0.343. The van der Waals surface area contributed by atoms with E-state index in [4.69, 9.17) is 38.4 Å². The number of amides is 2. The minimum Gasteiger partial charge on any atom is -0.494 e. The number of carbonyl (C=O) groups excluding carboxylic acids is 2. The summed E-state index contributed by atoms with van der Waals surface area (Å²) in [6.07, 6.45) is 2.13. The standard InChI is InChI=1S/C35H31Cl2F3N4O4/c1-17-23(36)12-18-11-19(13-26(47-4)30(18)43-17)32(46)42-15-22(35(40)9-10-35)25-14-21-31(48-16-33(21,2)8-7-27(41)45)34(3,44-25)20-5-6-24(38)29(39)28(20)37/h5-6,11-14,22,44H,9-10,15-16H2,1-4H3,(H2,41,45)(H,42,46)/t22-,33?,34?/m1/s1. The van der Waals surface area contributed by atoms with Crippen LogP contribution in [-0.2, 0) is 15.1 Å². The van der Waals surface area contributed by atoms with Crippen LogP contribution in [0.15, 0.2) is 53.4 Å². The number of hydrogen-bond donors (Lipinski definition) is 3. The van der Waals surface area contributed by atoms with Crippen molar-refractivity contribution in [1.82, 2.24) is 15.6 Å². The van der Waals surface area contributed by atoms with Crippen molar-refractivity contribution < 1.29 is 32.2 Å². The Bertz CT molecular complexity index is 2040. The number of aromatic nitrogens is 1. The smallest absolute Gasteiger partial charge is 0.293 e. The van der Waals surface area contributed by atoms with E-state index in [0.717, 1.165) is 6.07 Å². The number of allylic oxidation sites excluding steroid dienone is 1. The molecule has 0 bridgehead atoms. The van der Waals surface area contributed by atoms with Crippen LogP contribution < -0.4 is 21.1 Å². The van der Waals surface area contributed by atoms with E-state index in [1.165, 1.54) is 13.2 Å². The summed E-state index contributed by atoms with van der Waals surface area (Å²) in [5, 5.41) is 6.69. The Labute approximate surface area is 284 Å². The maximum absolute atomic E-state index is 16.3. The van der Waals surface area contributed by atoms with Gasteiger partial charge in [0.2, 0.25) is 0 Å². The summed E-state index contributed by atoms with van der Waals surface area (Å²) in [6, 6.07) is 7.13. The van der Waals surface area contributed by atoms with Crippen molar-refractivity contribution in [1.29, 1.82) is 0 Å². The van der Waals surface area contributed by atoms with Crippen LogP contribution in [-0.4, -0.2) is 42.7 Å². The number of pyridine rings is 1. The van der Waals surface area contributed by atoms with Crippen molar-refractivity contribution in [3.05, 3.63) is 91.9 Å². The molecule has 2 unspecified atom stereocenters. The molecule has 1 saturated carbocycles. The van der Waals surface area contributed by atoms with Gasteiger partial charge < -0.3 is 25.8 Å². The van der Waals surface area contributed by atoms with E-state index in [1.54, 1.807) is 45.0 Å². The minimum atomic E-state index is -1.70. The molecule has 0 radical (unpaired) electrons. The monoisotopic (exact) mass is 698 g/mol. The third-order valence-corrected chi connectivity index (χ3v) is 9.97. The van der Waals surface area contributed by atoms with Crippen molar-refractivity contribution in [2.45, 2.75) is 44.8 Å². The van der Waals surface area contributed by atoms with E-state index in [9.17, 15) is 18.4 Å². The fourth-order valence-corrected chi connectivity index (χ4v) is 6.84. The quantitative estimate of drug-likeness (QED) is 0.201. The van der Waals surface area contributed by atoms with Gasteiger partial charge in [0.25, 0.3) is 11.8 Å². The summed E-state index contributed by atoms with van der Waals surface area (Å²) in [6.45, 7) is 4.99. The van der Waals surface area contributed by atoms with Crippen LogP contribution in [0.4, 0.5) is 13.2 Å². The largest absolute Gasteiger partial charge is 0.494 e. The zero-order valence-electron chi connectivity index (χ0n) is 26.4. The van der Waals surface area contributed by atoms with E-state index < -0.39 is 51.0 Å². The van der Waals surface area contributed by atoms with Crippen molar-refractivity contribution in [2.24, 2.45) is 17.1 Å². The lowest BCUT2D eigenvalue weighted by Crippen LogP contribution is -2.49. The zero-order valence-corrected chi connectivity index (χ0v) is 27.9. The fourth-order valence-electron chi connectivity index (χ4n) is 6.33. The Morgan fingerprint density at radius 2 is 1.94 bits per heavy atom. The molecule has 3 heterocycles. The number of nitrogens with one attached hydrogen (secondary N) is 2. The molecule has 48 heavy (non-hydrogen) atoms. The Morgan fingerprint density at radius 3 is 2.60 bits per heavy atom. The molecular formula is C35H31Cl2F3N4O4. The Kier molecular flexibility index (Phi) is 8.33. The Hall–Kier alpha value is -4.40. The van der Waals surface area contributed by atoms with Crippen molar-refractivity contribution in [3.63, 3.8) is 0 Å². The SMILES string of the molecule is COc1cc(C(=O)NC[C@H](C2=CC3=C(OCC3(C)C#CC(N)=O)C(C)(c3ccc(F)c(F)c3Cl)N2)C2(F)CC2)cc2cc(Cl)c(C)nc12. The molecule has 2 aromatic carbocycles. The van der Waals surface area contributed by atoms with Crippen LogP contribution >= 0.6 is 23.2 Å². The summed E-state index contributed by atoms with van der Waals surface area (Å²) >= 11 is 12.7. The summed E-state index contributed by atoms with van der Waals surface area (Å²) in [5.41, 5.74) is 3.44. The van der Waals surface area contributed by atoms with E-state index in [-0.39, 0.29) is 42.9 Å². The number of primary amides is 1. The number of benzene rings is 2. The lowest BCUT2D eigenvalue weighted by Gasteiger charge is -2.41. The van der Waals surface area contributed by atoms with Gasteiger partial charge in [-0.15, -0.1) is 0 Å². The summed E-state index contributed by atoms with van der Waals surface area (Å²) in [5.74, 6) is 1.22.